The Bertz CT molecular complexity index is 712. The largest absolute Gasteiger partial charge is 0.367 e. The van der Waals surface area contributed by atoms with Gasteiger partial charge >= 0.3 is 0 Å². The summed E-state index contributed by atoms with van der Waals surface area (Å²) in [5.74, 6) is 0.0164. The van der Waals surface area contributed by atoms with Crippen LogP contribution in [0.5, 0.6) is 0 Å². The van der Waals surface area contributed by atoms with E-state index in [1.165, 1.54) is 6.07 Å². The Morgan fingerprint density at radius 1 is 1.24 bits per heavy atom. The van der Waals surface area contributed by atoms with Crippen LogP contribution in [0.1, 0.15) is 51.5 Å². The Kier molecular flexibility index (Phi) is 4.62. The van der Waals surface area contributed by atoms with Crippen LogP contribution in [0, 0.1) is 15.5 Å². The maximum absolute atomic E-state index is 12.9. The molecule has 0 saturated heterocycles. The van der Waals surface area contributed by atoms with Gasteiger partial charge in [-0.3, -0.25) is 19.7 Å². The van der Waals surface area contributed by atoms with Crippen molar-refractivity contribution in [2.75, 3.05) is 11.4 Å². The number of ketones is 2. The zero-order valence-corrected chi connectivity index (χ0v) is 14.8. The standard InChI is InChI=1S/C19H24N2O4/c1-3-10-20-15-9-8-14(21(24)25)11-13(15)12-19(16(20)4-2)17(22)6-5-7-18(19)23/h8-9,11,16H,3-7,10,12H2,1-2H3/t16-/m0/s1. The number of anilines is 1. The van der Waals surface area contributed by atoms with Crippen LogP contribution in [0.15, 0.2) is 18.2 Å². The average Bonchev–Trinajstić information content (AvgIpc) is 2.59. The second-order valence-corrected chi connectivity index (χ2v) is 7.04. The van der Waals surface area contributed by atoms with E-state index < -0.39 is 10.3 Å². The van der Waals surface area contributed by atoms with Crippen molar-refractivity contribution in [3.05, 3.63) is 33.9 Å². The maximum Gasteiger partial charge on any atom is 0.269 e. The number of nitro groups is 1. The monoisotopic (exact) mass is 344 g/mol. The third-order valence-electron chi connectivity index (χ3n) is 5.65. The lowest BCUT2D eigenvalue weighted by Crippen LogP contribution is -2.61. The molecule has 1 aliphatic carbocycles. The highest BCUT2D eigenvalue weighted by molar-refractivity contribution is 6.11. The molecule has 0 unspecified atom stereocenters. The van der Waals surface area contributed by atoms with Gasteiger partial charge in [-0.2, -0.15) is 0 Å². The SMILES string of the molecule is CCCN1c2ccc([N+](=O)[O-])cc2CC2(C(=O)CCCC2=O)[C@@H]1CC. The number of benzene rings is 1. The number of hydrogen-bond donors (Lipinski definition) is 0. The molecule has 1 aromatic rings. The molecule has 1 aromatic carbocycles. The van der Waals surface area contributed by atoms with Gasteiger partial charge in [-0.1, -0.05) is 13.8 Å². The van der Waals surface area contributed by atoms with E-state index in [0.717, 1.165) is 24.2 Å². The first-order chi connectivity index (χ1) is 12.0. The first-order valence-corrected chi connectivity index (χ1v) is 9.06. The molecule has 1 fully saturated rings. The summed E-state index contributed by atoms with van der Waals surface area (Å²) in [6.45, 7) is 4.80. The fourth-order valence-electron chi connectivity index (χ4n) is 4.63. The first kappa shape index (κ1) is 17.6. The molecule has 1 spiro atoms. The van der Waals surface area contributed by atoms with Crippen molar-refractivity contribution < 1.29 is 14.5 Å². The summed E-state index contributed by atoms with van der Waals surface area (Å²) < 4.78 is 0. The molecule has 1 aliphatic heterocycles. The molecule has 1 atom stereocenters. The van der Waals surface area contributed by atoms with Crippen LogP contribution in [0.4, 0.5) is 11.4 Å². The van der Waals surface area contributed by atoms with Crippen molar-refractivity contribution >= 4 is 22.9 Å². The molecule has 0 aromatic heterocycles. The number of Topliss-reactive ketones (excluding diaryl/α,β-unsaturated/α-hetero) is 2. The maximum atomic E-state index is 12.9. The summed E-state index contributed by atoms with van der Waals surface area (Å²) in [6.07, 6.45) is 3.34. The third kappa shape index (κ3) is 2.64. The highest BCUT2D eigenvalue weighted by Gasteiger charge is 2.56. The van der Waals surface area contributed by atoms with Crippen molar-refractivity contribution in [2.45, 2.75) is 58.4 Å². The number of carbonyl (C=O) groups is 2. The van der Waals surface area contributed by atoms with E-state index in [1.54, 1.807) is 12.1 Å². The van der Waals surface area contributed by atoms with Gasteiger partial charge < -0.3 is 4.90 Å². The zero-order valence-electron chi connectivity index (χ0n) is 14.8. The van der Waals surface area contributed by atoms with Crippen molar-refractivity contribution in [1.29, 1.82) is 0 Å². The zero-order chi connectivity index (χ0) is 18.2. The summed E-state index contributed by atoms with van der Waals surface area (Å²) in [4.78, 5) is 38.8. The van der Waals surface area contributed by atoms with Crippen molar-refractivity contribution in [1.82, 2.24) is 0 Å². The molecule has 0 radical (unpaired) electrons. The molecule has 25 heavy (non-hydrogen) atoms. The lowest BCUT2D eigenvalue weighted by Gasteiger charge is -2.51. The average molecular weight is 344 g/mol. The molecular formula is C19H24N2O4. The number of nitro benzene ring substituents is 1. The van der Waals surface area contributed by atoms with Gasteiger partial charge in [0.25, 0.3) is 5.69 Å². The summed E-state index contributed by atoms with van der Waals surface area (Å²) in [5, 5.41) is 11.2. The molecule has 0 bridgehead atoms. The van der Waals surface area contributed by atoms with E-state index in [9.17, 15) is 19.7 Å². The Balaban J connectivity index is 2.19. The minimum Gasteiger partial charge on any atom is -0.367 e. The first-order valence-electron chi connectivity index (χ1n) is 9.06. The number of non-ortho nitro benzene ring substituents is 1. The van der Waals surface area contributed by atoms with Gasteiger partial charge in [0.15, 0.2) is 0 Å². The highest BCUT2D eigenvalue weighted by atomic mass is 16.6. The summed E-state index contributed by atoms with van der Waals surface area (Å²) in [5.41, 5.74) is 0.646. The van der Waals surface area contributed by atoms with E-state index in [-0.39, 0.29) is 23.3 Å². The van der Waals surface area contributed by atoms with E-state index in [2.05, 4.69) is 11.8 Å². The molecule has 0 N–H and O–H groups in total. The van der Waals surface area contributed by atoms with E-state index in [4.69, 9.17) is 0 Å². The van der Waals surface area contributed by atoms with Gasteiger partial charge in [-0.15, -0.1) is 0 Å². The molecular weight excluding hydrogens is 320 g/mol. The number of rotatable bonds is 4. The van der Waals surface area contributed by atoms with Crippen LogP contribution in [-0.4, -0.2) is 29.1 Å². The minimum absolute atomic E-state index is 0.00820. The fraction of sp³-hybridized carbons (Fsp3) is 0.579. The predicted molar refractivity (Wildman–Crippen MR) is 94.8 cm³/mol. The lowest BCUT2D eigenvalue weighted by molar-refractivity contribution is -0.384. The number of carbonyl (C=O) groups excluding carboxylic acids is 2. The third-order valence-corrected chi connectivity index (χ3v) is 5.65. The summed E-state index contributed by atoms with van der Waals surface area (Å²) in [6, 6.07) is 4.66. The van der Waals surface area contributed by atoms with E-state index in [0.29, 0.717) is 32.1 Å². The van der Waals surface area contributed by atoms with Crippen molar-refractivity contribution in [3.8, 4) is 0 Å². The van der Waals surface area contributed by atoms with Gasteiger partial charge in [-0.05, 0) is 37.3 Å². The number of hydrogen-bond acceptors (Lipinski definition) is 5. The molecule has 0 amide bonds. The summed E-state index contributed by atoms with van der Waals surface area (Å²) >= 11 is 0. The van der Waals surface area contributed by atoms with Gasteiger partial charge in [-0.25, -0.2) is 0 Å². The van der Waals surface area contributed by atoms with Crippen molar-refractivity contribution in [2.24, 2.45) is 5.41 Å². The molecule has 1 saturated carbocycles. The normalized spacial score (nSPS) is 22.2. The van der Waals surface area contributed by atoms with Crippen LogP contribution in [0.25, 0.3) is 0 Å². The Morgan fingerprint density at radius 2 is 1.92 bits per heavy atom. The molecule has 6 heteroatoms. The Hall–Kier alpha value is -2.24. The fourth-order valence-corrected chi connectivity index (χ4v) is 4.63. The van der Waals surface area contributed by atoms with Crippen LogP contribution in [-0.2, 0) is 16.0 Å². The van der Waals surface area contributed by atoms with Gasteiger partial charge in [0.2, 0.25) is 0 Å². The molecule has 1 heterocycles. The minimum atomic E-state index is -1.04. The molecule has 2 aliphatic rings. The molecule has 134 valence electrons. The van der Waals surface area contributed by atoms with Crippen LogP contribution in [0.3, 0.4) is 0 Å². The summed E-state index contributed by atoms with van der Waals surface area (Å²) in [7, 11) is 0. The highest BCUT2D eigenvalue weighted by Crippen LogP contribution is 2.48. The Morgan fingerprint density at radius 3 is 2.48 bits per heavy atom. The van der Waals surface area contributed by atoms with Gasteiger partial charge in [0.1, 0.15) is 17.0 Å². The lowest BCUT2D eigenvalue weighted by atomic mass is 9.61. The number of fused-ring (bicyclic) bond motifs is 1. The Labute approximate surface area is 147 Å². The molecule has 3 rings (SSSR count). The van der Waals surface area contributed by atoms with E-state index >= 15 is 0 Å². The van der Waals surface area contributed by atoms with Crippen LogP contribution >= 0.6 is 0 Å². The topological polar surface area (TPSA) is 80.5 Å². The predicted octanol–water partition coefficient (Wildman–Crippen LogP) is 3.45. The quantitative estimate of drug-likeness (QED) is 0.475. The smallest absolute Gasteiger partial charge is 0.269 e. The van der Waals surface area contributed by atoms with Crippen molar-refractivity contribution in [3.63, 3.8) is 0 Å². The van der Waals surface area contributed by atoms with Gasteiger partial charge in [0, 0.05) is 43.2 Å². The second kappa shape index (κ2) is 6.58. The van der Waals surface area contributed by atoms with Crippen LogP contribution < -0.4 is 4.90 Å². The second-order valence-electron chi connectivity index (χ2n) is 7.04. The van der Waals surface area contributed by atoms with Crippen LogP contribution in [0.2, 0.25) is 0 Å². The van der Waals surface area contributed by atoms with E-state index in [1.807, 2.05) is 6.92 Å². The molecule has 6 nitrogen and oxygen atoms in total. The van der Waals surface area contributed by atoms with Gasteiger partial charge in [0.05, 0.1) is 4.92 Å². The number of nitrogens with zero attached hydrogens (tertiary/aromatic N) is 2.